The zero-order valence-electron chi connectivity index (χ0n) is 11.7. The largest absolute Gasteiger partial charge is 0.508 e. The van der Waals surface area contributed by atoms with E-state index < -0.39 is 0 Å². The zero-order valence-corrected chi connectivity index (χ0v) is 11.7. The van der Waals surface area contributed by atoms with Crippen molar-refractivity contribution in [2.45, 2.75) is 0 Å². The molecule has 0 radical (unpaired) electrons. The number of phenolic OH excluding ortho intramolecular Hbond substituents is 1. The van der Waals surface area contributed by atoms with Crippen LogP contribution in [0.4, 0.5) is 0 Å². The molecule has 1 aliphatic rings. The fourth-order valence-electron chi connectivity index (χ4n) is 2.24. The third kappa shape index (κ3) is 3.01. The lowest BCUT2D eigenvalue weighted by molar-refractivity contribution is -0.153. The van der Waals surface area contributed by atoms with Crippen LogP contribution >= 0.6 is 0 Å². The van der Waals surface area contributed by atoms with Gasteiger partial charge in [0.15, 0.2) is 0 Å². The van der Waals surface area contributed by atoms with Crippen molar-refractivity contribution < 1.29 is 19.7 Å². The minimum absolute atomic E-state index is 0.0819. The maximum Gasteiger partial charge on any atom is 0.119 e. The van der Waals surface area contributed by atoms with E-state index >= 15 is 0 Å². The molecule has 1 saturated heterocycles. The third-order valence-corrected chi connectivity index (χ3v) is 3.75. The predicted molar refractivity (Wildman–Crippen MR) is 79.4 cm³/mol. The molecule has 4 heteroatoms. The van der Waals surface area contributed by atoms with Crippen molar-refractivity contribution in [2.75, 3.05) is 26.4 Å². The first-order chi connectivity index (χ1) is 10.2. The molecule has 110 valence electrons. The summed E-state index contributed by atoms with van der Waals surface area (Å²) in [5.74, 6) is 1.04. The van der Waals surface area contributed by atoms with Crippen molar-refractivity contribution in [1.29, 1.82) is 0 Å². The summed E-state index contributed by atoms with van der Waals surface area (Å²) in [4.78, 5) is 0. The summed E-state index contributed by atoms with van der Waals surface area (Å²) in [6, 6.07) is 14.9. The Hall–Kier alpha value is -2.04. The summed E-state index contributed by atoms with van der Waals surface area (Å²) in [5, 5.41) is 18.6. The van der Waals surface area contributed by atoms with Gasteiger partial charge < -0.3 is 19.7 Å². The van der Waals surface area contributed by atoms with Gasteiger partial charge in [0.05, 0.1) is 25.2 Å². The minimum Gasteiger partial charge on any atom is -0.508 e. The Morgan fingerprint density at radius 2 is 1.52 bits per heavy atom. The zero-order chi connectivity index (χ0) is 14.7. The fourth-order valence-corrected chi connectivity index (χ4v) is 2.24. The molecule has 1 aliphatic heterocycles. The number of phenols is 1. The van der Waals surface area contributed by atoms with Crippen LogP contribution in [0.1, 0.15) is 0 Å². The van der Waals surface area contributed by atoms with Gasteiger partial charge in [0.1, 0.15) is 18.1 Å². The summed E-state index contributed by atoms with van der Waals surface area (Å²) in [7, 11) is 0. The summed E-state index contributed by atoms with van der Waals surface area (Å²) in [6.45, 7) is 1.64. The van der Waals surface area contributed by atoms with E-state index in [-0.39, 0.29) is 17.8 Å². The molecule has 0 atom stereocenters. The summed E-state index contributed by atoms with van der Waals surface area (Å²) >= 11 is 0. The van der Waals surface area contributed by atoms with E-state index in [2.05, 4.69) is 0 Å². The molecule has 0 aliphatic carbocycles. The van der Waals surface area contributed by atoms with E-state index in [0.717, 1.165) is 16.9 Å². The van der Waals surface area contributed by atoms with Crippen molar-refractivity contribution in [3.63, 3.8) is 0 Å². The van der Waals surface area contributed by atoms with Crippen molar-refractivity contribution >= 4 is 0 Å². The Balaban J connectivity index is 1.65. The van der Waals surface area contributed by atoms with E-state index in [1.54, 1.807) is 12.1 Å². The van der Waals surface area contributed by atoms with Gasteiger partial charge >= 0.3 is 0 Å². The van der Waals surface area contributed by atoms with Gasteiger partial charge in [-0.2, -0.15) is 0 Å². The first-order valence-electron chi connectivity index (χ1n) is 6.92. The number of hydrogen-bond donors (Lipinski definition) is 2. The highest BCUT2D eigenvalue weighted by atomic mass is 16.5. The van der Waals surface area contributed by atoms with Crippen molar-refractivity contribution in [2.24, 2.45) is 5.41 Å². The predicted octanol–water partition coefficient (Wildman–Crippen LogP) is 2.45. The molecule has 2 N–H and O–H groups in total. The highest BCUT2D eigenvalue weighted by molar-refractivity contribution is 5.64. The number of ether oxygens (including phenoxy) is 2. The molecule has 0 bridgehead atoms. The van der Waals surface area contributed by atoms with Gasteiger partial charge in [0, 0.05) is 0 Å². The average Bonchev–Trinajstić information content (AvgIpc) is 2.48. The normalized spacial score (nSPS) is 16.2. The van der Waals surface area contributed by atoms with Gasteiger partial charge in [-0.25, -0.2) is 0 Å². The topological polar surface area (TPSA) is 58.9 Å². The molecule has 0 aromatic heterocycles. The van der Waals surface area contributed by atoms with Crippen LogP contribution in [-0.4, -0.2) is 36.6 Å². The quantitative estimate of drug-likeness (QED) is 0.886. The van der Waals surface area contributed by atoms with E-state index in [4.69, 9.17) is 9.47 Å². The first kappa shape index (κ1) is 13.9. The molecule has 0 unspecified atom stereocenters. The number of benzene rings is 2. The summed E-state index contributed by atoms with van der Waals surface area (Å²) < 4.78 is 10.9. The van der Waals surface area contributed by atoms with Crippen LogP contribution in [0.15, 0.2) is 48.5 Å². The second-order valence-corrected chi connectivity index (χ2v) is 5.51. The summed E-state index contributed by atoms with van der Waals surface area (Å²) in [5.41, 5.74) is 1.86. The van der Waals surface area contributed by atoms with Crippen molar-refractivity contribution in [1.82, 2.24) is 0 Å². The summed E-state index contributed by atoms with van der Waals surface area (Å²) in [6.07, 6.45) is 0. The lowest BCUT2D eigenvalue weighted by Gasteiger charge is -2.39. The van der Waals surface area contributed by atoms with Crippen LogP contribution in [0.25, 0.3) is 11.1 Å². The van der Waals surface area contributed by atoms with Crippen molar-refractivity contribution in [3.8, 4) is 22.6 Å². The second-order valence-electron chi connectivity index (χ2n) is 5.51. The molecule has 1 heterocycles. The Kier molecular flexibility index (Phi) is 3.82. The number of aromatic hydroxyl groups is 1. The molecule has 3 rings (SSSR count). The fraction of sp³-hybridized carbons (Fsp3) is 0.294. The smallest absolute Gasteiger partial charge is 0.119 e. The van der Waals surface area contributed by atoms with E-state index in [1.807, 2.05) is 36.4 Å². The Labute approximate surface area is 123 Å². The molecule has 4 nitrogen and oxygen atoms in total. The monoisotopic (exact) mass is 286 g/mol. The maximum absolute atomic E-state index is 9.35. The molecule has 0 saturated carbocycles. The van der Waals surface area contributed by atoms with Gasteiger partial charge in [-0.3, -0.25) is 0 Å². The molecule has 0 spiro atoms. The maximum atomic E-state index is 9.35. The van der Waals surface area contributed by atoms with E-state index in [9.17, 15) is 10.2 Å². The average molecular weight is 286 g/mol. The molecule has 2 aromatic rings. The van der Waals surface area contributed by atoms with Crippen LogP contribution in [0.2, 0.25) is 0 Å². The minimum atomic E-state index is -0.240. The number of aliphatic hydroxyl groups is 1. The van der Waals surface area contributed by atoms with E-state index in [0.29, 0.717) is 19.8 Å². The highest BCUT2D eigenvalue weighted by Crippen LogP contribution is 2.29. The van der Waals surface area contributed by atoms with Gasteiger partial charge in [0.25, 0.3) is 0 Å². The highest BCUT2D eigenvalue weighted by Gasteiger charge is 2.39. The molecular formula is C17H18O4. The second kappa shape index (κ2) is 5.76. The number of aliphatic hydroxyl groups excluding tert-OH is 1. The lowest BCUT2D eigenvalue weighted by atomic mass is 9.88. The SMILES string of the molecule is OCC1(COc2ccc(-c3ccc(O)cc3)cc2)COC1. The molecule has 1 fully saturated rings. The van der Waals surface area contributed by atoms with Gasteiger partial charge in [0.2, 0.25) is 0 Å². The molecular weight excluding hydrogens is 268 g/mol. The van der Waals surface area contributed by atoms with Gasteiger partial charge in [-0.05, 0) is 35.4 Å². The van der Waals surface area contributed by atoms with Crippen LogP contribution < -0.4 is 4.74 Å². The molecule has 0 amide bonds. The number of rotatable bonds is 5. The molecule has 2 aromatic carbocycles. The van der Waals surface area contributed by atoms with Crippen molar-refractivity contribution in [3.05, 3.63) is 48.5 Å². The van der Waals surface area contributed by atoms with Gasteiger partial charge in [-0.15, -0.1) is 0 Å². The van der Waals surface area contributed by atoms with Gasteiger partial charge in [-0.1, -0.05) is 24.3 Å². The standard InChI is InChI=1S/C17H18O4/c18-9-17(10-20-11-17)12-21-16-7-3-14(4-8-16)13-1-5-15(19)6-2-13/h1-8,18-19H,9-12H2. The Bertz CT molecular complexity index is 580. The van der Waals surface area contributed by atoms with Crippen LogP contribution in [0.5, 0.6) is 11.5 Å². The Morgan fingerprint density at radius 3 is 2.00 bits per heavy atom. The third-order valence-electron chi connectivity index (χ3n) is 3.75. The lowest BCUT2D eigenvalue weighted by Crippen LogP contribution is -2.49. The van der Waals surface area contributed by atoms with Crippen LogP contribution in [0.3, 0.4) is 0 Å². The van der Waals surface area contributed by atoms with E-state index in [1.165, 1.54) is 0 Å². The first-order valence-corrected chi connectivity index (χ1v) is 6.92. The Morgan fingerprint density at radius 1 is 0.952 bits per heavy atom. The van der Waals surface area contributed by atoms with Crippen LogP contribution in [-0.2, 0) is 4.74 Å². The number of hydrogen-bond acceptors (Lipinski definition) is 4. The van der Waals surface area contributed by atoms with Crippen LogP contribution in [0, 0.1) is 5.41 Å². The molecule has 21 heavy (non-hydrogen) atoms.